The van der Waals surface area contributed by atoms with Crippen LogP contribution in [0.3, 0.4) is 0 Å². The monoisotopic (exact) mass is 328 g/mol. The largest absolute Gasteiger partial charge is 0.329 e. The molecule has 3 nitrogen and oxygen atoms in total. The van der Waals surface area contributed by atoms with E-state index in [1.807, 2.05) is 51.6 Å². The number of hydrogen-bond acceptors (Lipinski definition) is 1. The van der Waals surface area contributed by atoms with Crippen LogP contribution in [0.15, 0.2) is 83.7 Å². The van der Waals surface area contributed by atoms with Gasteiger partial charge in [-0.05, 0) is 30.2 Å². The molecule has 0 bridgehead atoms. The molecule has 4 rings (SSSR count). The fraction of sp³-hybridized carbons (Fsp3) is 0.136. The van der Waals surface area contributed by atoms with E-state index >= 15 is 0 Å². The average Bonchev–Trinajstić information content (AvgIpc) is 2.90. The van der Waals surface area contributed by atoms with E-state index in [-0.39, 0.29) is 5.69 Å². The first-order valence-electron chi connectivity index (χ1n) is 8.50. The fourth-order valence-electron chi connectivity index (χ4n) is 3.22. The summed E-state index contributed by atoms with van der Waals surface area (Å²) < 4.78 is 3.72. The van der Waals surface area contributed by atoms with E-state index < -0.39 is 0 Å². The molecule has 0 atom stereocenters. The minimum absolute atomic E-state index is 0.0330. The lowest BCUT2D eigenvalue weighted by molar-refractivity contribution is 0.701. The number of fused-ring (bicyclic) bond motifs is 1. The molecule has 25 heavy (non-hydrogen) atoms. The van der Waals surface area contributed by atoms with Gasteiger partial charge in [0.1, 0.15) is 0 Å². The van der Waals surface area contributed by atoms with E-state index in [0.717, 1.165) is 22.2 Å². The van der Waals surface area contributed by atoms with Crippen molar-refractivity contribution in [3.05, 3.63) is 106 Å². The summed E-state index contributed by atoms with van der Waals surface area (Å²) in [6, 6.07) is 26.5. The van der Waals surface area contributed by atoms with Gasteiger partial charge in [-0.25, -0.2) is 4.79 Å². The smallest absolute Gasteiger partial charge is 0.287 e. The number of para-hydroxylation sites is 2. The maximum Gasteiger partial charge on any atom is 0.329 e. The van der Waals surface area contributed by atoms with Gasteiger partial charge in [0.2, 0.25) is 0 Å². The van der Waals surface area contributed by atoms with Gasteiger partial charge in [-0.3, -0.25) is 9.13 Å². The Bertz CT molecular complexity index is 1060. The summed E-state index contributed by atoms with van der Waals surface area (Å²) in [5.74, 6) is 0. The van der Waals surface area contributed by atoms with Crippen LogP contribution >= 0.6 is 0 Å². The van der Waals surface area contributed by atoms with E-state index in [4.69, 9.17) is 0 Å². The molecule has 0 amide bonds. The van der Waals surface area contributed by atoms with E-state index in [2.05, 4.69) is 43.3 Å². The third-order valence-corrected chi connectivity index (χ3v) is 4.57. The number of aryl methyl sites for hydroxylation is 1. The Kier molecular flexibility index (Phi) is 3.98. The number of nitrogens with zero attached hydrogens (tertiary/aromatic N) is 2. The minimum atomic E-state index is 0.0330. The summed E-state index contributed by atoms with van der Waals surface area (Å²) in [4.78, 5) is 13.1. The molecule has 0 saturated heterocycles. The first-order valence-corrected chi connectivity index (χ1v) is 8.50. The van der Waals surface area contributed by atoms with Crippen molar-refractivity contribution in [3.63, 3.8) is 0 Å². The van der Waals surface area contributed by atoms with Gasteiger partial charge in [-0.2, -0.15) is 0 Å². The van der Waals surface area contributed by atoms with Crippen LogP contribution < -0.4 is 5.69 Å². The highest BCUT2D eigenvalue weighted by Gasteiger charge is 2.13. The second kappa shape index (κ2) is 6.44. The van der Waals surface area contributed by atoms with Crippen LogP contribution in [0.2, 0.25) is 0 Å². The molecule has 0 aliphatic carbocycles. The Labute approximate surface area is 146 Å². The predicted molar refractivity (Wildman–Crippen MR) is 102 cm³/mol. The maximum absolute atomic E-state index is 13.1. The summed E-state index contributed by atoms with van der Waals surface area (Å²) >= 11 is 0. The Hall–Kier alpha value is -3.07. The predicted octanol–water partition coefficient (Wildman–Crippen LogP) is 4.21. The van der Waals surface area contributed by atoms with Gasteiger partial charge >= 0.3 is 5.69 Å². The lowest BCUT2D eigenvalue weighted by atomic mass is 10.1. The molecule has 0 unspecified atom stereocenters. The molecule has 1 aromatic heterocycles. The first kappa shape index (κ1) is 15.5. The second-order valence-electron chi connectivity index (χ2n) is 6.41. The molecule has 0 aliphatic heterocycles. The van der Waals surface area contributed by atoms with E-state index in [9.17, 15) is 4.79 Å². The Morgan fingerprint density at radius 2 is 1.12 bits per heavy atom. The summed E-state index contributed by atoms with van der Waals surface area (Å²) in [7, 11) is 0. The molecule has 0 N–H and O–H groups in total. The van der Waals surface area contributed by atoms with Crippen LogP contribution in [0.5, 0.6) is 0 Å². The minimum Gasteiger partial charge on any atom is -0.287 e. The molecule has 3 heteroatoms. The molecule has 3 aromatic carbocycles. The summed E-state index contributed by atoms with van der Waals surface area (Å²) in [5, 5.41) is 0. The molecule has 0 radical (unpaired) electrons. The van der Waals surface area contributed by atoms with Crippen molar-refractivity contribution in [1.82, 2.24) is 9.13 Å². The Morgan fingerprint density at radius 3 is 1.68 bits per heavy atom. The van der Waals surface area contributed by atoms with Crippen molar-refractivity contribution in [1.29, 1.82) is 0 Å². The summed E-state index contributed by atoms with van der Waals surface area (Å²) in [5.41, 5.74) is 5.47. The molecule has 0 spiro atoms. The van der Waals surface area contributed by atoms with Crippen molar-refractivity contribution in [2.24, 2.45) is 0 Å². The van der Waals surface area contributed by atoms with Crippen LogP contribution in [0.1, 0.15) is 16.7 Å². The normalized spacial score (nSPS) is 11.1. The zero-order valence-electron chi connectivity index (χ0n) is 14.2. The van der Waals surface area contributed by atoms with Gasteiger partial charge in [-0.1, -0.05) is 72.3 Å². The van der Waals surface area contributed by atoms with Gasteiger partial charge in [-0.15, -0.1) is 0 Å². The lowest BCUT2D eigenvalue weighted by Gasteiger charge is -2.04. The maximum atomic E-state index is 13.1. The van der Waals surface area contributed by atoms with Gasteiger partial charge in [0.25, 0.3) is 0 Å². The topological polar surface area (TPSA) is 26.9 Å². The Morgan fingerprint density at radius 1 is 0.640 bits per heavy atom. The summed E-state index contributed by atoms with van der Waals surface area (Å²) in [6.07, 6.45) is 0. The number of imidazole rings is 1. The van der Waals surface area contributed by atoms with Gasteiger partial charge in [0, 0.05) is 0 Å². The zero-order valence-corrected chi connectivity index (χ0v) is 14.2. The van der Waals surface area contributed by atoms with Crippen molar-refractivity contribution < 1.29 is 0 Å². The third kappa shape index (κ3) is 3.01. The molecule has 0 aliphatic rings. The van der Waals surface area contributed by atoms with E-state index in [1.54, 1.807) is 0 Å². The zero-order chi connectivity index (χ0) is 17.2. The number of aromatic nitrogens is 2. The van der Waals surface area contributed by atoms with Crippen molar-refractivity contribution in [2.75, 3.05) is 0 Å². The standard InChI is InChI=1S/C22H20N2O/c1-17-11-13-19(14-12-17)16-24-21-10-6-5-9-20(21)23(22(24)25)15-18-7-3-2-4-8-18/h2-14H,15-16H2,1H3. The Balaban J connectivity index is 1.81. The van der Waals surface area contributed by atoms with Gasteiger partial charge in [0.15, 0.2) is 0 Å². The van der Waals surface area contributed by atoms with E-state index in [0.29, 0.717) is 13.1 Å². The van der Waals surface area contributed by atoms with Crippen LogP contribution in [-0.2, 0) is 13.1 Å². The lowest BCUT2D eigenvalue weighted by Crippen LogP contribution is -2.25. The third-order valence-electron chi connectivity index (χ3n) is 4.57. The number of hydrogen-bond donors (Lipinski definition) is 0. The molecule has 0 fully saturated rings. The molecule has 1 heterocycles. The molecule has 4 aromatic rings. The van der Waals surface area contributed by atoms with Crippen LogP contribution in [-0.4, -0.2) is 9.13 Å². The van der Waals surface area contributed by atoms with E-state index in [1.165, 1.54) is 5.56 Å². The van der Waals surface area contributed by atoms with Gasteiger partial charge in [0.05, 0.1) is 24.1 Å². The SMILES string of the molecule is Cc1ccc(Cn2c(=O)n(Cc3ccccc3)c3ccccc32)cc1. The molecule has 0 saturated carbocycles. The molecule has 124 valence electrons. The highest BCUT2D eigenvalue weighted by atomic mass is 16.1. The first-order chi connectivity index (χ1) is 12.2. The van der Waals surface area contributed by atoms with Crippen LogP contribution in [0.4, 0.5) is 0 Å². The van der Waals surface area contributed by atoms with Crippen LogP contribution in [0.25, 0.3) is 11.0 Å². The number of rotatable bonds is 4. The van der Waals surface area contributed by atoms with Crippen LogP contribution in [0, 0.1) is 6.92 Å². The summed E-state index contributed by atoms with van der Waals surface area (Å²) in [6.45, 7) is 3.24. The van der Waals surface area contributed by atoms with Crippen molar-refractivity contribution in [3.8, 4) is 0 Å². The van der Waals surface area contributed by atoms with Crippen molar-refractivity contribution in [2.45, 2.75) is 20.0 Å². The quantitative estimate of drug-likeness (QED) is 0.551. The van der Waals surface area contributed by atoms with Crippen molar-refractivity contribution >= 4 is 11.0 Å². The molecular weight excluding hydrogens is 308 g/mol. The molecular formula is C22H20N2O. The second-order valence-corrected chi connectivity index (χ2v) is 6.41. The average molecular weight is 328 g/mol. The van der Waals surface area contributed by atoms with Gasteiger partial charge < -0.3 is 0 Å². The number of benzene rings is 3. The highest BCUT2D eigenvalue weighted by molar-refractivity contribution is 5.76. The fourth-order valence-corrected chi connectivity index (χ4v) is 3.22. The highest BCUT2D eigenvalue weighted by Crippen LogP contribution is 2.16.